The minimum absolute atomic E-state index is 0.405. The molecule has 1 unspecified atom stereocenters. The van der Waals surface area contributed by atoms with Crippen LogP contribution in [0.2, 0.25) is 0 Å². The first kappa shape index (κ1) is 15.8. The third-order valence-electron chi connectivity index (χ3n) is 4.33. The van der Waals surface area contributed by atoms with Crippen molar-refractivity contribution in [3.63, 3.8) is 0 Å². The molecule has 1 atom stereocenters. The summed E-state index contributed by atoms with van der Waals surface area (Å²) in [7, 11) is 2.23. The Balaban J connectivity index is 2.13. The minimum Gasteiger partial charge on any atom is -0.374 e. The molecule has 1 saturated carbocycles. The fourth-order valence-electron chi connectivity index (χ4n) is 2.85. The lowest BCUT2D eigenvalue weighted by Crippen LogP contribution is -2.31. The standard InChI is InChI=1S/C17H27BrN2/c1-4-10-19-13(2)16-9-8-15(18)11-17(16)20(3)12-14-6-5-7-14/h8-9,11,13-14,19H,4-7,10,12H2,1-3H3. The van der Waals surface area contributed by atoms with Crippen molar-refractivity contribution in [1.82, 2.24) is 5.32 Å². The number of nitrogens with zero attached hydrogens (tertiary/aromatic N) is 1. The van der Waals surface area contributed by atoms with Crippen molar-refractivity contribution in [1.29, 1.82) is 0 Å². The maximum Gasteiger partial charge on any atom is 0.0423 e. The number of benzene rings is 1. The Labute approximate surface area is 132 Å². The van der Waals surface area contributed by atoms with Crippen LogP contribution in [0.5, 0.6) is 0 Å². The van der Waals surface area contributed by atoms with Gasteiger partial charge in [0.25, 0.3) is 0 Å². The molecule has 0 radical (unpaired) electrons. The van der Waals surface area contributed by atoms with Gasteiger partial charge in [0.1, 0.15) is 0 Å². The highest BCUT2D eigenvalue weighted by Gasteiger charge is 2.21. The van der Waals surface area contributed by atoms with Gasteiger partial charge in [0.15, 0.2) is 0 Å². The topological polar surface area (TPSA) is 15.3 Å². The smallest absolute Gasteiger partial charge is 0.0423 e. The first-order valence-corrected chi connectivity index (χ1v) is 8.65. The normalized spacial score (nSPS) is 16.8. The van der Waals surface area contributed by atoms with E-state index < -0.39 is 0 Å². The Hall–Kier alpha value is -0.540. The summed E-state index contributed by atoms with van der Waals surface area (Å²) in [6, 6.07) is 7.07. The quantitative estimate of drug-likeness (QED) is 0.771. The van der Waals surface area contributed by atoms with Crippen molar-refractivity contribution in [2.75, 3.05) is 25.0 Å². The van der Waals surface area contributed by atoms with Gasteiger partial charge in [-0.15, -0.1) is 0 Å². The van der Waals surface area contributed by atoms with E-state index >= 15 is 0 Å². The van der Waals surface area contributed by atoms with E-state index in [1.807, 2.05) is 0 Å². The van der Waals surface area contributed by atoms with E-state index in [0.717, 1.165) is 12.5 Å². The van der Waals surface area contributed by atoms with Crippen LogP contribution in [0.3, 0.4) is 0 Å². The molecule has 3 heteroatoms. The molecule has 1 aromatic carbocycles. The maximum absolute atomic E-state index is 3.62. The zero-order valence-electron chi connectivity index (χ0n) is 13.0. The highest BCUT2D eigenvalue weighted by molar-refractivity contribution is 9.10. The third kappa shape index (κ3) is 3.98. The second-order valence-electron chi connectivity index (χ2n) is 6.06. The highest BCUT2D eigenvalue weighted by Crippen LogP contribution is 2.33. The summed E-state index contributed by atoms with van der Waals surface area (Å²) in [6.45, 7) is 6.73. The number of halogens is 1. The number of nitrogens with one attached hydrogen (secondary N) is 1. The van der Waals surface area contributed by atoms with Crippen LogP contribution in [0.15, 0.2) is 22.7 Å². The van der Waals surface area contributed by atoms with Gasteiger partial charge >= 0.3 is 0 Å². The van der Waals surface area contributed by atoms with Crippen molar-refractivity contribution in [2.45, 2.75) is 45.6 Å². The molecule has 1 fully saturated rings. The average Bonchev–Trinajstić information content (AvgIpc) is 2.39. The van der Waals surface area contributed by atoms with Crippen molar-refractivity contribution < 1.29 is 0 Å². The van der Waals surface area contributed by atoms with Gasteiger partial charge in [-0.05, 0) is 56.3 Å². The average molecular weight is 339 g/mol. The van der Waals surface area contributed by atoms with Gasteiger partial charge in [-0.3, -0.25) is 0 Å². The van der Waals surface area contributed by atoms with Crippen LogP contribution in [-0.4, -0.2) is 20.1 Å². The Kier molecular flexibility index (Phi) is 5.91. The third-order valence-corrected chi connectivity index (χ3v) is 4.82. The summed E-state index contributed by atoms with van der Waals surface area (Å²) in [5.74, 6) is 0.894. The summed E-state index contributed by atoms with van der Waals surface area (Å²) in [5, 5.41) is 3.60. The Morgan fingerprint density at radius 3 is 2.75 bits per heavy atom. The number of hydrogen-bond donors (Lipinski definition) is 1. The number of rotatable bonds is 7. The lowest BCUT2D eigenvalue weighted by molar-refractivity contribution is 0.321. The maximum atomic E-state index is 3.62. The van der Waals surface area contributed by atoms with Crippen LogP contribution in [-0.2, 0) is 0 Å². The van der Waals surface area contributed by atoms with Crippen molar-refractivity contribution in [3.05, 3.63) is 28.2 Å². The first-order chi connectivity index (χ1) is 9.61. The van der Waals surface area contributed by atoms with Crippen LogP contribution in [0.4, 0.5) is 5.69 Å². The Morgan fingerprint density at radius 1 is 1.40 bits per heavy atom. The molecule has 1 aromatic rings. The molecule has 1 N–H and O–H groups in total. The fraction of sp³-hybridized carbons (Fsp3) is 0.647. The van der Waals surface area contributed by atoms with Crippen molar-refractivity contribution >= 4 is 21.6 Å². The van der Waals surface area contributed by atoms with Gasteiger partial charge in [-0.1, -0.05) is 35.3 Å². The van der Waals surface area contributed by atoms with Gasteiger partial charge in [0.05, 0.1) is 0 Å². The SMILES string of the molecule is CCCNC(C)c1ccc(Br)cc1N(C)CC1CCC1. The summed E-state index contributed by atoms with van der Waals surface area (Å²) >= 11 is 3.62. The molecule has 0 saturated heterocycles. The molecule has 0 spiro atoms. The van der Waals surface area contributed by atoms with E-state index in [-0.39, 0.29) is 0 Å². The van der Waals surface area contributed by atoms with Gasteiger partial charge in [0.2, 0.25) is 0 Å². The van der Waals surface area contributed by atoms with E-state index in [1.54, 1.807) is 0 Å². The van der Waals surface area contributed by atoms with E-state index in [2.05, 4.69) is 65.2 Å². The zero-order valence-corrected chi connectivity index (χ0v) is 14.5. The minimum atomic E-state index is 0.405. The number of hydrogen-bond acceptors (Lipinski definition) is 2. The molecule has 0 heterocycles. The van der Waals surface area contributed by atoms with Crippen molar-refractivity contribution in [2.24, 2.45) is 5.92 Å². The lowest BCUT2D eigenvalue weighted by atomic mass is 9.85. The molecule has 0 bridgehead atoms. The molecule has 0 aromatic heterocycles. The summed E-state index contributed by atoms with van der Waals surface area (Å²) < 4.78 is 1.17. The predicted octanol–water partition coefficient (Wildman–Crippen LogP) is 4.75. The van der Waals surface area contributed by atoms with Crippen LogP contribution in [0, 0.1) is 5.92 Å². The second-order valence-corrected chi connectivity index (χ2v) is 6.97. The molecule has 1 aliphatic rings. The molecule has 2 nitrogen and oxygen atoms in total. The molecule has 0 amide bonds. The molecule has 112 valence electrons. The van der Waals surface area contributed by atoms with E-state index in [1.165, 1.54) is 48.0 Å². The van der Waals surface area contributed by atoms with Gasteiger partial charge in [-0.25, -0.2) is 0 Å². The highest BCUT2D eigenvalue weighted by atomic mass is 79.9. The molecule has 20 heavy (non-hydrogen) atoms. The largest absolute Gasteiger partial charge is 0.374 e. The predicted molar refractivity (Wildman–Crippen MR) is 91.5 cm³/mol. The van der Waals surface area contributed by atoms with Crippen LogP contribution in [0.25, 0.3) is 0 Å². The summed E-state index contributed by atoms with van der Waals surface area (Å²) in [5.41, 5.74) is 2.77. The zero-order chi connectivity index (χ0) is 14.5. The fourth-order valence-corrected chi connectivity index (χ4v) is 3.19. The molecule has 2 rings (SSSR count). The van der Waals surface area contributed by atoms with E-state index in [0.29, 0.717) is 6.04 Å². The van der Waals surface area contributed by atoms with Gasteiger partial charge in [0, 0.05) is 29.8 Å². The van der Waals surface area contributed by atoms with Gasteiger partial charge < -0.3 is 10.2 Å². The van der Waals surface area contributed by atoms with Crippen LogP contribution in [0.1, 0.15) is 51.1 Å². The molecular formula is C17H27BrN2. The van der Waals surface area contributed by atoms with Gasteiger partial charge in [-0.2, -0.15) is 0 Å². The van der Waals surface area contributed by atoms with Crippen LogP contribution >= 0.6 is 15.9 Å². The molecule has 0 aliphatic heterocycles. The summed E-state index contributed by atoms with van der Waals surface area (Å²) in [4.78, 5) is 2.44. The van der Waals surface area contributed by atoms with E-state index in [9.17, 15) is 0 Å². The Bertz CT molecular complexity index is 429. The number of anilines is 1. The Morgan fingerprint density at radius 2 is 2.15 bits per heavy atom. The first-order valence-electron chi connectivity index (χ1n) is 7.85. The summed E-state index contributed by atoms with van der Waals surface area (Å²) in [6.07, 6.45) is 5.39. The molecule has 1 aliphatic carbocycles. The second kappa shape index (κ2) is 7.46. The lowest BCUT2D eigenvalue weighted by Gasteiger charge is -2.33. The van der Waals surface area contributed by atoms with Crippen molar-refractivity contribution in [3.8, 4) is 0 Å². The monoisotopic (exact) mass is 338 g/mol. The molecular weight excluding hydrogens is 312 g/mol. The van der Waals surface area contributed by atoms with E-state index in [4.69, 9.17) is 0 Å². The van der Waals surface area contributed by atoms with Crippen LogP contribution < -0.4 is 10.2 Å².